The van der Waals surface area contributed by atoms with E-state index in [1.54, 1.807) is 25.3 Å². The highest BCUT2D eigenvalue weighted by atomic mass is 79.9. The zero-order valence-electron chi connectivity index (χ0n) is 20.7. The molecule has 0 radical (unpaired) electrons. The fourth-order valence-electron chi connectivity index (χ4n) is 3.87. The minimum absolute atomic E-state index is 0.357. The van der Waals surface area contributed by atoms with Crippen LogP contribution in [0, 0.1) is 13.8 Å². The van der Waals surface area contributed by atoms with Crippen LogP contribution in [-0.4, -0.2) is 25.1 Å². The van der Waals surface area contributed by atoms with Gasteiger partial charge in [0.05, 0.1) is 17.8 Å². The zero-order chi connectivity index (χ0) is 26.4. The summed E-state index contributed by atoms with van der Waals surface area (Å²) in [6.45, 7) is 4.17. The van der Waals surface area contributed by atoms with Gasteiger partial charge in [-0.3, -0.25) is 9.59 Å². The molecule has 2 amide bonds. The molecule has 37 heavy (non-hydrogen) atoms. The van der Waals surface area contributed by atoms with Gasteiger partial charge in [0.15, 0.2) is 11.5 Å². The average molecular weight is 560 g/mol. The number of anilines is 1. The Balaban J connectivity index is 1.41. The topological polar surface area (TPSA) is 89.0 Å². The number of aryl methyl sites for hydroxylation is 2. The van der Waals surface area contributed by atoms with Crippen molar-refractivity contribution < 1.29 is 19.1 Å². The molecule has 0 unspecified atom stereocenters. The maximum absolute atomic E-state index is 12.2. The molecule has 2 N–H and O–H groups in total. The first-order chi connectivity index (χ1) is 17.9. The highest BCUT2D eigenvalue weighted by Crippen LogP contribution is 2.37. The van der Waals surface area contributed by atoms with Crippen LogP contribution in [0.4, 0.5) is 5.69 Å². The van der Waals surface area contributed by atoms with Crippen LogP contribution in [-0.2, 0) is 16.2 Å². The number of amides is 2. The molecule has 4 aromatic rings. The molecule has 0 atom stereocenters. The number of hydrazone groups is 1. The first kappa shape index (κ1) is 25.9. The Hall–Kier alpha value is -4.17. The molecule has 8 heteroatoms. The fraction of sp³-hybridized carbons (Fsp3) is 0.138. The van der Waals surface area contributed by atoms with E-state index in [-0.39, 0.29) is 0 Å². The molecule has 0 saturated heterocycles. The van der Waals surface area contributed by atoms with Crippen LogP contribution >= 0.6 is 15.9 Å². The minimum atomic E-state index is -0.878. The predicted octanol–water partition coefficient (Wildman–Crippen LogP) is 5.90. The predicted molar refractivity (Wildman–Crippen MR) is 149 cm³/mol. The van der Waals surface area contributed by atoms with Crippen LogP contribution < -0.4 is 20.2 Å². The van der Waals surface area contributed by atoms with Crippen LogP contribution in [0.25, 0.3) is 10.8 Å². The molecule has 188 valence electrons. The molecule has 0 aliphatic rings. The Morgan fingerprint density at radius 1 is 0.973 bits per heavy atom. The van der Waals surface area contributed by atoms with Crippen LogP contribution in [0.1, 0.15) is 22.3 Å². The van der Waals surface area contributed by atoms with E-state index in [0.29, 0.717) is 33.8 Å². The quantitative estimate of drug-likeness (QED) is 0.168. The maximum atomic E-state index is 12.2. The molecule has 7 nitrogen and oxygen atoms in total. The third kappa shape index (κ3) is 6.34. The van der Waals surface area contributed by atoms with Gasteiger partial charge in [-0.1, -0.05) is 60.2 Å². The van der Waals surface area contributed by atoms with Gasteiger partial charge in [-0.2, -0.15) is 5.10 Å². The van der Waals surface area contributed by atoms with Gasteiger partial charge in [0.25, 0.3) is 0 Å². The fourth-order valence-corrected chi connectivity index (χ4v) is 4.45. The summed E-state index contributed by atoms with van der Waals surface area (Å²) < 4.78 is 12.3. The van der Waals surface area contributed by atoms with Gasteiger partial charge >= 0.3 is 11.8 Å². The highest BCUT2D eigenvalue weighted by molar-refractivity contribution is 9.10. The number of fused-ring (bicyclic) bond motifs is 1. The Morgan fingerprint density at radius 2 is 1.76 bits per heavy atom. The normalized spacial score (nSPS) is 10.9. The average Bonchev–Trinajstić information content (AvgIpc) is 2.89. The van der Waals surface area contributed by atoms with E-state index < -0.39 is 11.8 Å². The van der Waals surface area contributed by atoms with E-state index >= 15 is 0 Å². The summed E-state index contributed by atoms with van der Waals surface area (Å²) in [6, 6.07) is 23.3. The molecule has 0 fully saturated rings. The summed E-state index contributed by atoms with van der Waals surface area (Å²) in [7, 11) is 1.55. The lowest BCUT2D eigenvalue weighted by atomic mass is 10.1. The number of hydrogen-bond donors (Lipinski definition) is 2. The lowest BCUT2D eigenvalue weighted by Crippen LogP contribution is -2.32. The third-order valence-corrected chi connectivity index (χ3v) is 6.31. The molecule has 4 rings (SSSR count). The maximum Gasteiger partial charge on any atom is 0.329 e. The number of rotatable bonds is 7. The number of methoxy groups -OCH3 is 1. The zero-order valence-corrected chi connectivity index (χ0v) is 22.3. The number of nitrogens with one attached hydrogen (secondary N) is 2. The lowest BCUT2D eigenvalue weighted by Gasteiger charge is -2.14. The summed E-state index contributed by atoms with van der Waals surface area (Å²) >= 11 is 3.54. The number of halogens is 1. The van der Waals surface area contributed by atoms with Gasteiger partial charge in [-0.15, -0.1) is 0 Å². The molecule has 0 heterocycles. The largest absolute Gasteiger partial charge is 0.493 e. The van der Waals surface area contributed by atoms with Crippen molar-refractivity contribution in [3.63, 3.8) is 0 Å². The molecule has 0 aliphatic carbocycles. The van der Waals surface area contributed by atoms with Crippen molar-refractivity contribution in [3.8, 4) is 11.5 Å². The third-order valence-electron chi connectivity index (χ3n) is 5.72. The Kier molecular flexibility index (Phi) is 8.20. The van der Waals surface area contributed by atoms with Crippen LogP contribution in [0.5, 0.6) is 11.5 Å². The first-order valence-corrected chi connectivity index (χ1v) is 12.3. The molecule has 0 aromatic heterocycles. The lowest BCUT2D eigenvalue weighted by molar-refractivity contribution is -0.136. The molecule has 4 aromatic carbocycles. The molecule has 0 spiro atoms. The monoisotopic (exact) mass is 559 g/mol. The molecular formula is C29H26BrN3O4. The number of carbonyl (C=O) groups excluding carboxylic acids is 2. The van der Waals surface area contributed by atoms with E-state index in [9.17, 15) is 9.59 Å². The second kappa shape index (κ2) is 11.7. The van der Waals surface area contributed by atoms with E-state index in [4.69, 9.17) is 9.47 Å². The molecule has 0 bridgehead atoms. The van der Waals surface area contributed by atoms with E-state index in [2.05, 4.69) is 50.0 Å². The smallest absolute Gasteiger partial charge is 0.329 e. The summed E-state index contributed by atoms with van der Waals surface area (Å²) in [5.41, 5.74) is 6.44. The van der Waals surface area contributed by atoms with Gasteiger partial charge in [0.2, 0.25) is 0 Å². The number of hydrogen-bond acceptors (Lipinski definition) is 5. The van der Waals surface area contributed by atoms with E-state index in [1.165, 1.54) is 6.21 Å². The Labute approximate surface area is 223 Å². The number of benzene rings is 4. The minimum Gasteiger partial charge on any atom is -0.493 e. The first-order valence-electron chi connectivity index (χ1n) is 11.5. The number of carbonyl (C=O) groups is 2. The summed E-state index contributed by atoms with van der Waals surface area (Å²) in [6.07, 6.45) is 1.42. The van der Waals surface area contributed by atoms with Gasteiger partial charge in [0, 0.05) is 5.69 Å². The van der Waals surface area contributed by atoms with Crippen molar-refractivity contribution in [2.24, 2.45) is 5.10 Å². The SMILES string of the molecule is COc1cc(/C=N/NC(=O)C(=O)Nc2ccc(C)cc2C)cc(Br)c1OCc1cccc2ccccc12. The van der Waals surface area contributed by atoms with Crippen LogP contribution in [0.3, 0.4) is 0 Å². The second-order valence-electron chi connectivity index (χ2n) is 8.43. The van der Waals surface area contributed by atoms with Crippen molar-refractivity contribution in [1.82, 2.24) is 5.43 Å². The van der Waals surface area contributed by atoms with Crippen molar-refractivity contribution >= 4 is 50.4 Å². The van der Waals surface area contributed by atoms with Gasteiger partial charge < -0.3 is 14.8 Å². The second-order valence-corrected chi connectivity index (χ2v) is 9.29. The van der Waals surface area contributed by atoms with E-state index in [1.807, 2.05) is 50.2 Å². The van der Waals surface area contributed by atoms with Crippen molar-refractivity contribution in [1.29, 1.82) is 0 Å². The Morgan fingerprint density at radius 3 is 2.54 bits per heavy atom. The van der Waals surface area contributed by atoms with Crippen molar-refractivity contribution in [2.75, 3.05) is 12.4 Å². The molecule has 0 saturated carbocycles. The Bertz CT molecular complexity index is 1500. The molecule has 0 aliphatic heterocycles. The number of nitrogens with zero attached hydrogens (tertiary/aromatic N) is 1. The summed E-state index contributed by atoms with van der Waals surface area (Å²) in [5.74, 6) is -0.642. The van der Waals surface area contributed by atoms with Crippen molar-refractivity contribution in [2.45, 2.75) is 20.5 Å². The van der Waals surface area contributed by atoms with Crippen LogP contribution in [0.15, 0.2) is 82.4 Å². The van der Waals surface area contributed by atoms with Gasteiger partial charge in [-0.05, 0) is 75.4 Å². The standard InChI is InChI=1S/C29H26BrN3O4/c1-18-11-12-25(19(2)13-18)32-28(34)29(35)33-31-16-20-14-24(30)27(26(15-20)36-3)37-17-22-9-6-8-21-7-4-5-10-23(21)22/h4-16H,17H2,1-3H3,(H,32,34)(H,33,35)/b31-16+. The van der Waals surface area contributed by atoms with Gasteiger partial charge in [-0.25, -0.2) is 5.43 Å². The van der Waals surface area contributed by atoms with Gasteiger partial charge in [0.1, 0.15) is 6.61 Å². The molecular weight excluding hydrogens is 534 g/mol. The summed E-state index contributed by atoms with van der Waals surface area (Å²) in [4.78, 5) is 24.4. The highest BCUT2D eigenvalue weighted by Gasteiger charge is 2.15. The number of ether oxygens (including phenoxy) is 2. The summed E-state index contributed by atoms with van der Waals surface area (Å²) in [5, 5.41) is 8.77. The van der Waals surface area contributed by atoms with Crippen LogP contribution in [0.2, 0.25) is 0 Å². The van der Waals surface area contributed by atoms with Crippen molar-refractivity contribution in [3.05, 3.63) is 99.5 Å². The van der Waals surface area contributed by atoms with E-state index in [0.717, 1.165) is 27.5 Å².